The Morgan fingerprint density at radius 2 is 1.71 bits per heavy atom. The highest BCUT2D eigenvalue weighted by Crippen LogP contribution is 2.32. The Kier molecular flexibility index (Phi) is 5.48. The van der Waals surface area contributed by atoms with Gasteiger partial charge in [0.25, 0.3) is 0 Å². The Labute approximate surface area is 140 Å². The van der Waals surface area contributed by atoms with Gasteiger partial charge in [0.2, 0.25) is 0 Å². The predicted molar refractivity (Wildman–Crippen MR) is 95.3 cm³/mol. The minimum Gasteiger partial charge on any atom is -0.306 e. The smallest absolute Gasteiger partial charge is 0.0591 e. The molecular formula is C18H21BrClN. The summed E-state index contributed by atoms with van der Waals surface area (Å²) in [6, 6.07) is 10.8. The summed E-state index contributed by atoms with van der Waals surface area (Å²) in [5.74, 6) is 0. The molecule has 0 saturated carbocycles. The van der Waals surface area contributed by atoms with Gasteiger partial charge in [-0.1, -0.05) is 52.7 Å². The van der Waals surface area contributed by atoms with E-state index in [9.17, 15) is 0 Å². The van der Waals surface area contributed by atoms with Crippen molar-refractivity contribution in [3.05, 3.63) is 67.6 Å². The second kappa shape index (κ2) is 6.95. The van der Waals surface area contributed by atoms with Crippen LogP contribution >= 0.6 is 27.5 Å². The summed E-state index contributed by atoms with van der Waals surface area (Å²) in [4.78, 5) is 0. The van der Waals surface area contributed by atoms with E-state index in [-0.39, 0.29) is 6.04 Å². The van der Waals surface area contributed by atoms with Gasteiger partial charge in [-0.2, -0.15) is 0 Å². The van der Waals surface area contributed by atoms with Gasteiger partial charge in [-0.3, -0.25) is 0 Å². The number of aryl methyl sites for hydroxylation is 3. The molecule has 1 N–H and O–H groups in total. The first-order chi connectivity index (χ1) is 9.93. The highest BCUT2D eigenvalue weighted by Gasteiger charge is 2.17. The van der Waals surface area contributed by atoms with E-state index in [0.717, 1.165) is 21.6 Å². The maximum atomic E-state index is 6.50. The lowest BCUT2D eigenvalue weighted by Crippen LogP contribution is -2.22. The Morgan fingerprint density at radius 3 is 2.33 bits per heavy atom. The fourth-order valence-corrected chi connectivity index (χ4v) is 3.06. The molecule has 1 unspecified atom stereocenters. The molecule has 21 heavy (non-hydrogen) atoms. The molecule has 0 aliphatic heterocycles. The number of rotatable bonds is 4. The first-order valence-corrected chi connectivity index (χ1v) is 8.37. The number of hydrogen-bond donors (Lipinski definition) is 1. The van der Waals surface area contributed by atoms with Gasteiger partial charge < -0.3 is 5.32 Å². The van der Waals surface area contributed by atoms with Crippen LogP contribution in [0.25, 0.3) is 0 Å². The summed E-state index contributed by atoms with van der Waals surface area (Å²) in [6.45, 7) is 9.34. The topological polar surface area (TPSA) is 12.0 Å². The lowest BCUT2D eigenvalue weighted by Gasteiger charge is -2.22. The standard InChI is InChI=1S/C18H21BrClN/c1-5-21-18(14-6-7-16(19)13(4)8-14)15-9-11(2)12(3)10-17(15)20/h6-10,18,21H,5H2,1-4H3. The number of hydrogen-bond acceptors (Lipinski definition) is 1. The van der Waals surface area contributed by atoms with E-state index in [0.29, 0.717) is 0 Å². The normalized spacial score (nSPS) is 12.5. The van der Waals surface area contributed by atoms with E-state index in [1.165, 1.54) is 22.3 Å². The van der Waals surface area contributed by atoms with E-state index < -0.39 is 0 Å². The van der Waals surface area contributed by atoms with Crippen LogP contribution in [0.2, 0.25) is 5.02 Å². The molecule has 112 valence electrons. The van der Waals surface area contributed by atoms with Crippen LogP contribution < -0.4 is 5.32 Å². The molecule has 0 aliphatic carbocycles. The summed E-state index contributed by atoms with van der Waals surface area (Å²) < 4.78 is 1.13. The number of nitrogens with one attached hydrogen (secondary N) is 1. The SMILES string of the molecule is CCNC(c1ccc(Br)c(C)c1)c1cc(C)c(C)cc1Cl. The molecule has 0 aliphatic rings. The molecule has 2 aromatic rings. The van der Waals surface area contributed by atoms with Gasteiger partial charge in [-0.15, -0.1) is 0 Å². The Balaban J connectivity index is 2.52. The molecule has 0 saturated heterocycles. The summed E-state index contributed by atoms with van der Waals surface area (Å²) in [6.07, 6.45) is 0. The molecule has 2 aromatic carbocycles. The van der Waals surface area contributed by atoms with Crippen molar-refractivity contribution in [1.82, 2.24) is 5.32 Å². The molecule has 0 aromatic heterocycles. The fraction of sp³-hybridized carbons (Fsp3) is 0.333. The van der Waals surface area contributed by atoms with Crippen LogP contribution in [0, 0.1) is 20.8 Å². The Bertz CT molecular complexity index is 652. The van der Waals surface area contributed by atoms with Crippen molar-refractivity contribution in [2.45, 2.75) is 33.7 Å². The maximum Gasteiger partial charge on any atom is 0.0591 e. The third-order valence-electron chi connectivity index (χ3n) is 3.85. The lowest BCUT2D eigenvalue weighted by molar-refractivity contribution is 0.630. The Morgan fingerprint density at radius 1 is 1.05 bits per heavy atom. The summed E-state index contributed by atoms with van der Waals surface area (Å²) in [5, 5.41) is 4.37. The molecule has 0 fully saturated rings. The number of benzene rings is 2. The van der Waals surface area contributed by atoms with Crippen LogP contribution in [-0.4, -0.2) is 6.54 Å². The van der Waals surface area contributed by atoms with Gasteiger partial charge in [-0.25, -0.2) is 0 Å². The lowest BCUT2D eigenvalue weighted by atomic mass is 9.94. The van der Waals surface area contributed by atoms with E-state index in [1.807, 2.05) is 0 Å². The second-order valence-electron chi connectivity index (χ2n) is 5.46. The third-order valence-corrected chi connectivity index (χ3v) is 5.06. The monoisotopic (exact) mass is 365 g/mol. The molecule has 2 rings (SSSR count). The minimum absolute atomic E-state index is 0.119. The summed E-state index contributed by atoms with van der Waals surface area (Å²) in [5.41, 5.74) is 6.11. The Hall–Kier alpha value is -0.830. The molecule has 0 bridgehead atoms. The van der Waals surface area contributed by atoms with Crippen LogP contribution in [0.15, 0.2) is 34.8 Å². The zero-order valence-electron chi connectivity index (χ0n) is 12.9. The first-order valence-electron chi connectivity index (χ1n) is 7.20. The van der Waals surface area contributed by atoms with Crippen molar-refractivity contribution in [2.24, 2.45) is 0 Å². The number of halogens is 2. The maximum absolute atomic E-state index is 6.50. The predicted octanol–water partition coefficient (Wildman–Crippen LogP) is 5.73. The van der Waals surface area contributed by atoms with Crippen molar-refractivity contribution >= 4 is 27.5 Å². The zero-order chi connectivity index (χ0) is 15.6. The summed E-state index contributed by atoms with van der Waals surface area (Å²) in [7, 11) is 0. The highest BCUT2D eigenvalue weighted by molar-refractivity contribution is 9.10. The van der Waals surface area contributed by atoms with E-state index in [1.54, 1.807) is 0 Å². The average molecular weight is 367 g/mol. The first kappa shape index (κ1) is 16.5. The van der Waals surface area contributed by atoms with Gasteiger partial charge in [0.05, 0.1) is 6.04 Å². The molecule has 0 amide bonds. The van der Waals surface area contributed by atoms with Gasteiger partial charge in [0.1, 0.15) is 0 Å². The van der Waals surface area contributed by atoms with Gasteiger partial charge in [0.15, 0.2) is 0 Å². The van der Waals surface area contributed by atoms with Crippen LogP contribution in [0.3, 0.4) is 0 Å². The quantitative estimate of drug-likeness (QED) is 0.729. The van der Waals surface area contributed by atoms with Crippen LogP contribution in [0.5, 0.6) is 0 Å². The van der Waals surface area contributed by atoms with Crippen molar-refractivity contribution in [2.75, 3.05) is 6.54 Å². The van der Waals surface area contributed by atoms with Crippen molar-refractivity contribution in [3.8, 4) is 0 Å². The van der Waals surface area contributed by atoms with Gasteiger partial charge >= 0.3 is 0 Å². The summed E-state index contributed by atoms with van der Waals surface area (Å²) >= 11 is 10.1. The molecule has 3 heteroatoms. The van der Waals surface area contributed by atoms with E-state index in [2.05, 4.69) is 79.3 Å². The van der Waals surface area contributed by atoms with Crippen molar-refractivity contribution < 1.29 is 0 Å². The third kappa shape index (κ3) is 3.68. The van der Waals surface area contributed by atoms with E-state index in [4.69, 9.17) is 11.6 Å². The van der Waals surface area contributed by atoms with Crippen LogP contribution in [0.1, 0.15) is 40.8 Å². The molecule has 1 atom stereocenters. The van der Waals surface area contributed by atoms with Crippen LogP contribution in [-0.2, 0) is 0 Å². The van der Waals surface area contributed by atoms with Crippen LogP contribution in [0.4, 0.5) is 0 Å². The largest absolute Gasteiger partial charge is 0.306 e. The van der Waals surface area contributed by atoms with Crippen molar-refractivity contribution in [3.63, 3.8) is 0 Å². The fourth-order valence-electron chi connectivity index (χ4n) is 2.48. The van der Waals surface area contributed by atoms with Gasteiger partial charge in [0, 0.05) is 9.50 Å². The second-order valence-corrected chi connectivity index (χ2v) is 6.72. The average Bonchev–Trinajstić information content (AvgIpc) is 2.44. The van der Waals surface area contributed by atoms with Crippen molar-refractivity contribution in [1.29, 1.82) is 0 Å². The van der Waals surface area contributed by atoms with E-state index >= 15 is 0 Å². The highest BCUT2D eigenvalue weighted by atomic mass is 79.9. The molecular weight excluding hydrogens is 346 g/mol. The minimum atomic E-state index is 0.119. The zero-order valence-corrected chi connectivity index (χ0v) is 15.3. The molecule has 0 spiro atoms. The van der Waals surface area contributed by atoms with Gasteiger partial charge in [-0.05, 0) is 67.3 Å². The molecule has 0 heterocycles. The molecule has 0 radical (unpaired) electrons. The molecule has 1 nitrogen and oxygen atoms in total.